The third-order valence-electron chi connectivity index (χ3n) is 2.58. The normalized spacial score (nSPS) is 9.74. The van der Waals surface area contributed by atoms with Crippen LogP contribution in [0.4, 0.5) is 0 Å². The molecule has 0 fully saturated rings. The molecule has 0 saturated carbocycles. The van der Waals surface area contributed by atoms with E-state index >= 15 is 0 Å². The van der Waals surface area contributed by atoms with Crippen LogP contribution >= 0.6 is 11.6 Å². The monoisotopic (exact) mass is 271 g/mol. The van der Waals surface area contributed by atoms with Crippen molar-refractivity contribution in [1.29, 1.82) is 5.26 Å². The number of rotatable bonds is 3. The lowest BCUT2D eigenvalue weighted by Gasteiger charge is -2.08. The van der Waals surface area contributed by atoms with Crippen molar-refractivity contribution in [1.82, 2.24) is 0 Å². The molecule has 0 aromatic heterocycles. The van der Waals surface area contributed by atoms with Gasteiger partial charge in [0, 0.05) is 5.56 Å². The smallest absolute Gasteiger partial charge is 0.159 e. The van der Waals surface area contributed by atoms with E-state index in [9.17, 15) is 4.79 Å². The highest BCUT2D eigenvalue weighted by atomic mass is 35.5. The summed E-state index contributed by atoms with van der Waals surface area (Å²) in [6.07, 6.45) is 0. The summed E-state index contributed by atoms with van der Waals surface area (Å²) >= 11 is 5.92. The number of Topliss-reactive ketones (excluding diaryl/α,β-unsaturated/α-hetero) is 1. The molecule has 3 nitrogen and oxygen atoms in total. The maximum absolute atomic E-state index is 11.2. The molecule has 0 bridgehead atoms. The second-order valence-corrected chi connectivity index (χ2v) is 4.31. The number of hydrogen-bond acceptors (Lipinski definition) is 3. The minimum absolute atomic E-state index is 0.00739. The first-order valence-electron chi connectivity index (χ1n) is 5.59. The summed E-state index contributed by atoms with van der Waals surface area (Å²) in [5.41, 5.74) is 0.902. The van der Waals surface area contributed by atoms with E-state index in [0.717, 1.165) is 0 Å². The lowest BCUT2D eigenvalue weighted by molar-refractivity contribution is 0.101. The van der Waals surface area contributed by atoms with Gasteiger partial charge in [0.15, 0.2) is 5.78 Å². The fourth-order valence-electron chi connectivity index (χ4n) is 1.58. The average molecular weight is 272 g/mol. The first-order valence-corrected chi connectivity index (χ1v) is 5.97. The van der Waals surface area contributed by atoms with Gasteiger partial charge in [-0.05, 0) is 43.3 Å². The van der Waals surface area contributed by atoms with Crippen molar-refractivity contribution in [2.75, 3.05) is 0 Å². The Morgan fingerprint density at radius 3 is 2.47 bits per heavy atom. The van der Waals surface area contributed by atoms with Crippen LogP contribution in [0.15, 0.2) is 42.5 Å². The SMILES string of the molecule is CC(=O)c1ccc(Oc2cccc(Cl)c2C#N)cc1. The molecule has 2 aromatic rings. The van der Waals surface area contributed by atoms with Gasteiger partial charge in [0.25, 0.3) is 0 Å². The third-order valence-corrected chi connectivity index (χ3v) is 2.89. The van der Waals surface area contributed by atoms with Crippen LogP contribution in [-0.4, -0.2) is 5.78 Å². The van der Waals surface area contributed by atoms with E-state index in [1.807, 2.05) is 6.07 Å². The topological polar surface area (TPSA) is 50.1 Å². The van der Waals surface area contributed by atoms with Crippen LogP contribution in [0.25, 0.3) is 0 Å². The summed E-state index contributed by atoms with van der Waals surface area (Å²) in [6.45, 7) is 1.50. The van der Waals surface area contributed by atoms with Crippen molar-refractivity contribution in [3.63, 3.8) is 0 Å². The summed E-state index contributed by atoms with van der Waals surface area (Å²) in [7, 11) is 0. The second-order valence-electron chi connectivity index (χ2n) is 3.91. The largest absolute Gasteiger partial charge is 0.456 e. The van der Waals surface area contributed by atoms with Crippen molar-refractivity contribution in [2.24, 2.45) is 0 Å². The van der Waals surface area contributed by atoms with E-state index in [2.05, 4.69) is 0 Å². The molecule has 2 rings (SSSR count). The Labute approximate surface area is 116 Å². The number of ether oxygens (including phenoxy) is 1. The Morgan fingerprint density at radius 2 is 1.89 bits per heavy atom. The highest BCUT2D eigenvalue weighted by molar-refractivity contribution is 6.31. The molecule has 19 heavy (non-hydrogen) atoms. The molecule has 0 saturated heterocycles. The van der Waals surface area contributed by atoms with Crippen molar-refractivity contribution < 1.29 is 9.53 Å². The van der Waals surface area contributed by atoms with Gasteiger partial charge in [-0.3, -0.25) is 4.79 Å². The van der Waals surface area contributed by atoms with E-state index in [0.29, 0.717) is 27.6 Å². The first-order chi connectivity index (χ1) is 9.11. The van der Waals surface area contributed by atoms with Crippen LogP contribution in [0.2, 0.25) is 5.02 Å². The van der Waals surface area contributed by atoms with Crippen molar-refractivity contribution in [3.8, 4) is 17.6 Å². The summed E-state index contributed by atoms with van der Waals surface area (Å²) in [5.74, 6) is 0.932. The van der Waals surface area contributed by atoms with Crippen LogP contribution in [0.3, 0.4) is 0 Å². The Hall–Kier alpha value is -2.31. The van der Waals surface area contributed by atoms with Gasteiger partial charge in [-0.25, -0.2) is 0 Å². The highest BCUT2D eigenvalue weighted by Gasteiger charge is 2.08. The quantitative estimate of drug-likeness (QED) is 0.786. The van der Waals surface area contributed by atoms with Crippen molar-refractivity contribution in [3.05, 3.63) is 58.6 Å². The molecular weight excluding hydrogens is 262 g/mol. The number of carbonyl (C=O) groups excluding carboxylic acids is 1. The molecule has 0 aliphatic carbocycles. The van der Waals surface area contributed by atoms with Gasteiger partial charge in [-0.15, -0.1) is 0 Å². The molecule has 0 amide bonds. The summed E-state index contributed by atoms with van der Waals surface area (Å²) in [6, 6.07) is 13.7. The fourth-order valence-corrected chi connectivity index (χ4v) is 1.79. The minimum Gasteiger partial charge on any atom is -0.456 e. The van der Waals surface area contributed by atoms with Gasteiger partial charge in [-0.1, -0.05) is 17.7 Å². The molecule has 4 heteroatoms. The Morgan fingerprint density at radius 1 is 1.21 bits per heavy atom. The standard InChI is InChI=1S/C15H10ClNO2/c1-10(18)11-5-7-12(8-6-11)19-15-4-2-3-14(16)13(15)9-17/h2-8H,1H3. The van der Waals surface area contributed by atoms with Gasteiger partial charge in [0.1, 0.15) is 23.1 Å². The number of nitriles is 1. The Kier molecular flexibility index (Phi) is 3.84. The molecule has 0 N–H and O–H groups in total. The van der Waals surface area contributed by atoms with Gasteiger partial charge in [0.2, 0.25) is 0 Å². The Bertz CT molecular complexity index is 657. The summed E-state index contributed by atoms with van der Waals surface area (Å²) in [4.78, 5) is 11.2. The highest BCUT2D eigenvalue weighted by Crippen LogP contribution is 2.29. The van der Waals surface area contributed by atoms with Gasteiger partial charge < -0.3 is 4.74 Å². The molecule has 0 unspecified atom stereocenters. The first kappa shape index (κ1) is 13.1. The fraction of sp³-hybridized carbons (Fsp3) is 0.0667. The van der Waals surface area contributed by atoms with E-state index in [4.69, 9.17) is 21.6 Å². The van der Waals surface area contributed by atoms with Crippen LogP contribution in [0.1, 0.15) is 22.8 Å². The molecule has 0 spiro atoms. The second kappa shape index (κ2) is 5.55. The Balaban J connectivity index is 2.29. The zero-order valence-corrected chi connectivity index (χ0v) is 10.9. The average Bonchev–Trinajstić information content (AvgIpc) is 2.39. The van der Waals surface area contributed by atoms with Crippen molar-refractivity contribution in [2.45, 2.75) is 6.92 Å². The molecule has 0 radical (unpaired) electrons. The lowest BCUT2D eigenvalue weighted by Crippen LogP contribution is -1.92. The van der Waals surface area contributed by atoms with Gasteiger partial charge in [-0.2, -0.15) is 5.26 Å². The van der Waals surface area contributed by atoms with Gasteiger partial charge in [0.05, 0.1) is 5.02 Å². The van der Waals surface area contributed by atoms with E-state index in [1.165, 1.54) is 6.92 Å². The molecule has 94 valence electrons. The molecule has 0 aliphatic rings. The maximum atomic E-state index is 11.2. The number of halogens is 1. The summed E-state index contributed by atoms with van der Waals surface area (Å²) < 4.78 is 5.60. The van der Waals surface area contributed by atoms with E-state index in [-0.39, 0.29) is 5.78 Å². The zero-order chi connectivity index (χ0) is 13.8. The minimum atomic E-state index is -0.00739. The number of benzene rings is 2. The molecule has 2 aromatic carbocycles. The lowest BCUT2D eigenvalue weighted by atomic mass is 10.1. The van der Waals surface area contributed by atoms with E-state index in [1.54, 1.807) is 42.5 Å². The van der Waals surface area contributed by atoms with Gasteiger partial charge >= 0.3 is 0 Å². The van der Waals surface area contributed by atoms with Crippen LogP contribution < -0.4 is 4.74 Å². The number of ketones is 1. The van der Waals surface area contributed by atoms with E-state index < -0.39 is 0 Å². The number of nitrogens with zero attached hydrogens (tertiary/aromatic N) is 1. The maximum Gasteiger partial charge on any atom is 0.159 e. The molecule has 0 aliphatic heterocycles. The molecule has 0 atom stereocenters. The number of hydrogen-bond donors (Lipinski definition) is 0. The molecule has 0 heterocycles. The predicted octanol–water partition coefficient (Wildman–Crippen LogP) is 4.21. The van der Waals surface area contributed by atoms with Crippen LogP contribution in [-0.2, 0) is 0 Å². The van der Waals surface area contributed by atoms with Crippen LogP contribution in [0, 0.1) is 11.3 Å². The summed E-state index contributed by atoms with van der Waals surface area (Å²) in [5, 5.41) is 9.38. The third kappa shape index (κ3) is 2.93. The zero-order valence-electron chi connectivity index (χ0n) is 10.2. The number of carbonyl (C=O) groups is 1. The van der Waals surface area contributed by atoms with Crippen molar-refractivity contribution >= 4 is 17.4 Å². The predicted molar refractivity (Wildman–Crippen MR) is 72.7 cm³/mol. The van der Waals surface area contributed by atoms with Crippen LogP contribution in [0.5, 0.6) is 11.5 Å². The molecular formula is C15H10ClNO2.